The molecule has 0 aliphatic carbocycles. The maximum absolute atomic E-state index is 13.8. The molecule has 0 aromatic heterocycles. The Morgan fingerprint density at radius 1 is 0.969 bits per heavy atom. The number of rotatable bonds is 5. The van der Waals surface area contributed by atoms with Crippen LogP contribution in [0.25, 0.3) is 0 Å². The molecule has 1 N–H and O–H groups in total. The third kappa shape index (κ3) is 4.46. The predicted molar refractivity (Wildman–Crippen MR) is 119 cm³/mol. The number of fused-ring (bicyclic) bond motifs is 2. The van der Waals surface area contributed by atoms with E-state index in [2.05, 4.69) is 28.4 Å². The summed E-state index contributed by atoms with van der Waals surface area (Å²) in [6.07, 6.45) is 0.959. The van der Waals surface area contributed by atoms with E-state index in [0.717, 1.165) is 43.2 Å². The van der Waals surface area contributed by atoms with Crippen molar-refractivity contribution in [2.75, 3.05) is 19.8 Å². The summed E-state index contributed by atoms with van der Waals surface area (Å²) in [7, 11) is 0. The third-order valence-corrected chi connectivity index (χ3v) is 5.94. The molecular formula is C26H25FN2O3. The van der Waals surface area contributed by atoms with E-state index in [1.807, 2.05) is 12.1 Å². The van der Waals surface area contributed by atoms with Crippen molar-refractivity contribution in [3.63, 3.8) is 0 Å². The van der Waals surface area contributed by atoms with Crippen LogP contribution in [-0.4, -0.2) is 30.6 Å². The highest BCUT2D eigenvalue weighted by Gasteiger charge is 2.19. The minimum atomic E-state index is -0.322. The van der Waals surface area contributed by atoms with Crippen LogP contribution < -0.4 is 14.8 Å². The maximum Gasteiger partial charge on any atom is 0.251 e. The molecule has 0 atom stereocenters. The fourth-order valence-corrected chi connectivity index (χ4v) is 4.24. The van der Waals surface area contributed by atoms with Gasteiger partial charge in [-0.2, -0.15) is 0 Å². The van der Waals surface area contributed by atoms with E-state index in [9.17, 15) is 9.18 Å². The van der Waals surface area contributed by atoms with Gasteiger partial charge in [0.25, 0.3) is 5.91 Å². The van der Waals surface area contributed by atoms with E-state index >= 15 is 0 Å². The average Bonchev–Trinajstić information content (AvgIpc) is 3.17. The Labute approximate surface area is 186 Å². The quantitative estimate of drug-likeness (QED) is 0.660. The second-order valence-electron chi connectivity index (χ2n) is 8.20. The smallest absolute Gasteiger partial charge is 0.251 e. The minimum Gasteiger partial charge on any atom is -0.493 e. The summed E-state index contributed by atoms with van der Waals surface area (Å²) >= 11 is 0. The molecule has 0 unspecified atom stereocenters. The Bertz CT molecular complexity index is 1150. The molecule has 2 aliphatic heterocycles. The molecule has 0 bridgehead atoms. The molecule has 2 aliphatic rings. The lowest BCUT2D eigenvalue weighted by molar-refractivity contribution is 0.0950. The average molecular weight is 432 g/mol. The summed E-state index contributed by atoms with van der Waals surface area (Å²) in [6.45, 7) is 3.80. The number of ether oxygens (including phenoxy) is 2. The molecule has 3 aromatic carbocycles. The van der Waals surface area contributed by atoms with Crippen molar-refractivity contribution in [2.45, 2.75) is 26.1 Å². The van der Waals surface area contributed by atoms with Gasteiger partial charge < -0.3 is 14.8 Å². The first-order valence-electron chi connectivity index (χ1n) is 10.9. The molecular weight excluding hydrogens is 407 g/mol. The molecule has 0 saturated heterocycles. The van der Waals surface area contributed by atoms with E-state index in [1.54, 1.807) is 24.3 Å². The summed E-state index contributed by atoms with van der Waals surface area (Å²) in [6, 6.07) is 18.3. The van der Waals surface area contributed by atoms with Gasteiger partial charge in [0, 0.05) is 49.3 Å². The van der Waals surface area contributed by atoms with Crippen LogP contribution in [0, 0.1) is 5.82 Å². The lowest BCUT2D eigenvalue weighted by Gasteiger charge is -2.20. The summed E-state index contributed by atoms with van der Waals surface area (Å²) in [4.78, 5) is 15.0. The zero-order valence-corrected chi connectivity index (χ0v) is 17.8. The molecule has 3 aromatic rings. The van der Waals surface area contributed by atoms with Gasteiger partial charge >= 0.3 is 0 Å². The zero-order chi connectivity index (χ0) is 21.9. The third-order valence-electron chi connectivity index (χ3n) is 5.94. The van der Waals surface area contributed by atoms with Crippen molar-refractivity contribution in [1.82, 2.24) is 10.2 Å². The lowest BCUT2D eigenvalue weighted by Crippen LogP contribution is -2.25. The standard InChI is InChI=1S/C26H25FN2O3/c27-23-4-2-1-3-21(23)15-28-26(30)20-6-8-25-22(14-20)17-29(10-12-32-25)16-18-5-7-24-19(13-18)9-11-31-24/h1-8,13-14H,9-12,15-17H2,(H,28,30). The Kier molecular flexibility index (Phi) is 5.77. The molecule has 6 heteroatoms. The molecule has 32 heavy (non-hydrogen) atoms. The predicted octanol–water partition coefficient (Wildman–Crippen LogP) is 4.09. The van der Waals surface area contributed by atoms with Gasteiger partial charge in [-0.1, -0.05) is 30.3 Å². The minimum absolute atomic E-state index is 0.146. The van der Waals surface area contributed by atoms with Crippen LogP contribution in [0.4, 0.5) is 4.39 Å². The van der Waals surface area contributed by atoms with E-state index in [1.165, 1.54) is 17.2 Å². The highest BCUT2D eigenvalue weighted by Crippen LogP contribution is 2.28. The van der Waals surface area contributed by atoms with Gasteiger partial charge in [-0.05, 0) is 41.5 Å². The molecule has 164 valence electrons. The Morgan fingerprint density at radius 2 is 1.78 bits per heavy atom. The van der Waals surface area contributed by atoms with Crippen molar-refractivity contribution in [3.8, 4) is 11.5 Å². The summed E-state index contributed by atoms with van der Waals surface area (Å²) < 4.78 is 25.4. The van der Waals surface area contributed by atoms with Crippen molar-refractivity contribution in [1.29, 1.82) is 0 Å². The number of hydrogen-bond donors (Lipinski definition) is 1. The molecule has 1 amide bonds. The van der Waals surface area contributed by atoms with Crippen LogP contribution >= 0.6 is 0 Å². The molecule has 0 spiro atoms. The summed E-state index contributed by atoms with van der Waals surface area (Å²) in [5.74, 6) is 1.24. The van der Waals surface area contributed by atoms with Crippen LogP contribution in [0.5, 0.6) is 11.5 Å². The van der Waals surface area contributed by atoms with Gasteiger partial charge in [0.2, 0.25) is 0 Å². The van der Waals surface area contributed by atoms with Crippen molar-refractivity contribution in [3.05, 3.63) is 94.3 Å². The fraction of sp³-hybridized carbons (Fsp3) is 0.269. The van der Waals surface area contributed by atoms with Crippen molar-refractivity contribution in [2.24, 2.45) is 0 Å². The molecule has 5 rings (SSSR count). The number of halogens is 1. The second kappa shape index (κ2) is 9.01. The lowest BCUT2D eigenvalue weighted by atomic mass is 10.1. The number of hydrogen-bond acceptors (Lipinski definition) is 4. The molecule has 2 heterocycles. The highest BCUT2D eigenvalue weighted by molar-refractivity contribution is 5.94. The van der Waals surface area contributed by atoms with Crippen LogP contribution in [0.2, 0.25) is 0 Å². The number of benzene rings is 3. The number of carbonyl (C=O) groups excluding carboxylic acids is 1. The first-order chi connectivity index (χ1) is 15.7. The highest BCUT2D eigenvalue weighted by atomic mass is 19.1. The topological polar surface area (TPSA) is 50.8 Å². The second-order valence-corrected chi connectivity index (χ2v) is 8.20. The van der Waals surface area contributed by atoms with E-state index < -0.39 is 0 Å². The first-order valence-corrected chi connectivity index (χ1v) is 10.9. The van der Waals surface area contributed by atoms with E-state index in [-0.39, 0.29) is 18.3 Å². The number of nitrogens with one attached hydrogen (secondary N) is 1. The molecule has 0 radical (unpaired) electrons. The van der Waals surface area contributed by atoms with Gasteiger partial charge in [-0.15, -0.1) is 0 Å². The SMILES string of the molecule is O=C(NCc1ccccc1F)c1ccc2c(c1)CN(Cc1ccc3c(c1)CCO3)CCO2. The molecule has 0 saturated carbocycles. The number of nitrogens with zero attached hydrogens (tertiary/aromatic N) is 1. The van der Waals surface area contributed by atoms with E-state index in [0.29, 0.717) is 24.3 Å². The molecule has 5 nitrogen and oxygen atoms in total. The van der Waals surface area contributed by atoms with Crippen molar-refractivity contribution < 1.29 is 18.7 Å². The van der Waals surface area contributed by atoms with Crippen molar-refractivity contribution >= 4 is 5.91 Å². The van der Waals surface area contributed by atoms with Crippen LogP contribution in [0.15, 0.2) is 60.7 Å². The molecule has 0 fully saturated rings. The van der Waals surface area contributed by atoms with Gasteiger partial charge in [-0.25, -0.2) is 4.39 Å². The number of amides is 1. The van der Waals surface area contributed by atoms with Gasteiger partial charge in [0.15, 0.2) is 0 Å². The van der Waals surface area contributed by atoms with Crippen LogP contribution in [-0.2, 0) is 26.1 Å². The summed E-state index contributed by atoms with van der Waals surface area (Å²) in [5.41, 5.74) is 4.50. The van der Waals surface area contributed by atoms with Gasteiger partial charge in [0.05, 0.1) is 6.61 Å². The Balaban J connectivity index is 1.27. The van der Waals surface area contributed by atoms with Crippen LogP contribution in [0.3, 0.4) is 0 Å². The maximum atomic E-state index is 13.8. The monoisotopic (exact) mass is 432 g/mol. The normalized spacial score (nSPS) is 15.2. The van der Waals surface area contributed by atoms with Gasteiger partial charge in [-0.3, -0.25) is 9.69 Å². The zero-order valence-electron chi connectivity index (χ0n) is 17.8. The fourth-order valence-electron chi connectivity index (χ4n) is 4.24. The summed E-state index contributed by atoms with van der Waals surface area (Å²) in [5, 5.41) is 2.81. The van der Waals surface area contributed by atoms with Gasteiger partial charge in [0.1, 0.15) is 23.9 Å². The number of carbonyl (C=O) groups is 1. The Hall–Kier alpha value is -3.38. The van der Waals surface area contributed by atoms with Crippen LogP contribution in [0.1, 0.15) is 32.6 Å². The van der Waals surface area contributed by atoms with E-state index in [4.69, 9.17) is 9.47 Å². The first kappa shape index (κ1) is 20.5. The largest absolute Gasteiger partial charge is 0.493 e. The Morgan fingerprint density at radius 3 is 2.69 bits per heavy atom.